The first kappa shape index (κ1) is 19.0. The second kappa shape index (κ2) is 7.28. The molecule has 0 aliphatic carbocycles. The number of rotatable bonds is 3. The minimum Gasteiger partial charge on any atom is -0.444 e. The number of ether oxygens (including phenoxy) is 1. The standard InChI is InChI=1S/C18H27ClN2O3/c1-5-14(15-7-6-13(19)12-20-15)18(23)8-10-21(11-9-18)16(22)24-17(2,3)4/h6-7,12,14,23H,5,8-11H2,1-4H3. The molecule has 0 saturated carbocycles. The van der Waals surface area contributed by atoms with Gasteiger partial charge in [-0.2, -0.15) is 0 Å². The van der Waals surface area contributed by atoms with Gasteiger partial charge in [-0.05, 0) is 52.2 Å². The molecule has 2 rings (SSSR count). The van der Waals surface area contributed by atoms with Crippen molar-refractivity contribution in [1.82, 2.24) is 9.88 Å². The number of hydrogen-bond donors (Lipinski definition) is 1. The van der Waals surface area contributed by atoms with Crippen molar-refractivity contribution in [2.24, 2.45) is 0 Å². The van der Waals surface area contributed by atoms with Gasteiger partial charge < -0.3 is 14.7 Å². The Labute approximate surface area is 149 Å². The molecular weight excluding hydrogens is 328 g/mol. The van der Waals surface area contributed by atoms with Crippen LogP contribution in [0.15, 0.2) is 18.3 Å². The van der Waals surface area contributed by atoms with Crippen molar-refractivity contribution < 1.29 is 14.6 Å². The number of hydrogen-bond acceptors (Lipinski definition) is 4. The summed E-state index contributed by atoms with van der Waals surface area (Å²) in [6.07, 6.45) is 3.09. The molecule has 1 fully saturated rings. The van der Waals surface area contributed by atoms with Crippen LogP contribution < -0.4 is 0 Å². The average Bonchev–Trinajstić information content (AvgIpc) is 2.48. The molecule has 0 bridgehead atoms. The molecule has 1 unspecified atom stereocenters. The number of halogens is 1. The van der Waals surface area contributed by atoms with Gasteiger partial charge in [0.15, 0.2) is 0 Å². The van der Waals surface area contributed by atoms with Crippen molar-refractivity contribution >= 4 is 17.7 Å². The van der Waals surface area contributed by atoms with Crippen LogP contribution in [0.25, 0.3) is 0 Å². The Balaban J connectivity index is 2.04. The van der Waals surface area contributed by atoms with Crippen LogP contribution in [0.2, 0.25) is 5.02 Å². The molecule has 0 spiro atoms. The Kier molecular flexibility index (Phi) is 5.76. The highest BCUT2D eigenvalue weighted by Crippen LogP contribution is 2.38. The first-order chi connectivity index (χ1) is 11.1. The van der Waals surface area contributed by atoms with Gasteiger partial charge in [0.1, 0.15) is 5.60 Å². The molecule has 134 valence electrons. The zero-order chi connectivity index (χ0) is 18.0. The van der Waals surface area contributed by atoms with Crippen LogP contribution in [-0.2, 0) is 4.74 Å². The van der Waals surface area contributed by atoms with Gasteiger partial charge in [-0.3, -0.25) is 4.98 Å². The van der Waals surface area contributed by atoms with E-state index in [1.54, 1.807) is 17.2 Å². The minimum absolute atomic E-state index is 0.0736. The topological polar surface area (TPSA) is 62.7 Å². The third kappa shape index (κ3) is 4.61. The summed E-state index contributed by atoms with van der Waals surface area (Å²) < 4.78 is 5.41. The molecule has 1 aliphatic rings. The maximum atomic E-state index is 12.2. The third-order valence-corrected chi connectivity index (χ3v) is 4.67. The molecule has 2 heterocycles. The van der Waals surface area contributed by atoms with E-state index in [-0.39, 0.29) is 12.0 Å². The maximum Gasteiger partial charge on any atom is 0.410 e. The number of likely N-dealkylation sites (tertiary alicyclic amines) is 1. The highest BCUT2D eigenvalue weighted by Gasteiger charge is 2.41. The number of carbonyl (C=O) groups is 1. The molecule has 6 heteroatoms. The number of nitrogens with zero attached hydrogens (tertiary/aromatic N) is 2. The molecule has 1 aliphatic heterocycles. The van der Waals surface area contributed by atoms with E-state index >= 15 is 0 Å². The zero-order valence-electron chi connectivity index (χ0n) is 14.9. The lowest BCUT2D eigenvalue weighted by Gasteiger charge is -2.42. The summed E-state index contributed by atoms with van der Waals surface area (Å²) in [6.45, 7) is 8.56. The van der Waals surface area contributed by atoms with Crippen LogP contribution in [0.4, 0.5) is 4.79 Å². The lowest BCUT2D eigenvalue weighted by Crippen LogP contribution is -2.50. The Morgan fingerprint density at radius 2 is 2.04 bits per heavy atom. The summed E-state index contributed by atoms with van der Waals surface area (Å²) in [4.78, 5) is 18.2. The van der Waals surface area contributed by atoms with Crippen LogP contribution in [0.3, 0.4) is 0 Å². The molecular formula is C18H27ClN2O3. The molecule has 1 saturated heterocycles. The number of carbonyl (C=O) groups excluding carboxylic acids is 1. The Bertz CT molecular complexity index is 561. The summed E-state index contributed by atoms with van der Waals surface area (Å²) in [7, 11) is 0. The van der Waals surface area contributed by atoms with Crippen LogP contribution >= 0.6 is 11.6 Å². The van der Waals surface area contributed by atoms with Crippen LogP contribution in [0.5, 0.6) is 0 Å². The SMILES string of the molecule is CCC(c1ccc(Cl)cn1)C1(O)CCN(C(=O)OC(C)(C)C)CC1. The molecule has 1 aromatic rings. The van der Waals surface area contributed by atoms with Crippen molar-refractivity contribution in [1.29, 1.82) is 0 Å². The lowest BCUT2D eigenvalue weighted by atomic mass is 9.76. The van der Waals surface area contributed by atoms with Gasteiger partial charge in [-0.15, -0.1) is 0 Å². The van der Waals surface area contributed by atoms with E-state index in [4.69, 9.17) is 16.3 Å². The van der Waals surface area contributed by atoms with E-state index in [1.165, 1.54) is 0 Å². The van der Waals surface area contributed by atoms with Gasteiger partial charge in [-0.1, -0.05) is 18.5 Å². The second-order valence-electron chi connectivity index (χ2n) is 7.43. The normalized spacial score (nSPS) is 19.0. The molecule has 1 aromatic heterocycles. The number of aliphatic hydroxyl groups is 1. The van der Waals surface area contributed by atoms with Crippen molar-refractivity contribution in [3.8, 4) is 0 Å². The van der Waals surface area contributed by atoms with Crippen LogP contribution in [0, 0.1) is 0 Å². The van der Waals surface area contributed by atoms with Gasteiger partial charge in [0, 0.05) is 30.9 Å². The van der Waals surface area contributed by atoms with Gasteiger partial charge >= 0.3 is 6.09 Å². The van der Waals surface area contributed by atoms with Crippen molar-refractivity contribution in [2.75, 3.05) is 13.1 Å². The van der Waals surface area contributed by atoms with Gasteiger partial charge in [0.05, 0.1) is 10.6 Å². The first-order valence-electron chi connectivity index (χ1n) is 8.46. The molecule has 1 atom stereocenters. The largest absolute Gasteiger partial charge is 0.444 e. The third-order valence-electron chi connectivity index (χ3n) is 4.45. The number of piperidine rings is 1. The fourth-order valence-corrected chi connectivity index (χ4v) is 3.32. The van der Waals surface area contributed by atoms with E-state index in [0.29, 0.717) is 31.0 Å². The summed E-state index contributed by atoms with van der Waals surface area (Å²) in [5, 5.41) is 11.7. The number of aromatic nitrogens is 1. The van der Waals surface area contributed by atoms with E-state index in [9.17, 15) is 9.90 Å². The summed E-state index contributed by atoms with van der Waals surface area (Å²) in [6, 6.07) is 3.67. The smallest absolute Gasteiger partial charge is 0.410 e. The summed E-state index contributed by atoms with van der Waals surface area (Å²) >= 11 is 5.90. The predicted octanol–water partition coefficient (Wildman–Crippen LogP) is 3.99. The molecule has 0 aromatic carbocycles. The highest BCUT2D eigenvalue weighted by atomic mass is 35.5. The van der Waals surface area contributed by atoms with Crippen molar-refractivity contribution in [3.63, 3.8) is 0 Å². The van der Waals surface area contributed by atoms with Crippen molar-refractivity contribution in [2.45, 2.75) is 64.1 Å². The summed E-state index contributed by atoms with van der Waals surface area (Å²) in [5.74, 6) is -0.0736. The van der Waals surface area contributed by atoms with E-state index in [1.807, 2.05) is 33.8 Å². The van der Waals surface area contributed by atoms with Crippen LogP contribution in [-0.4, -0.2) is 45.4 Å². The lowest BCUT2D eigenvalue weighted by molar-refractivity contribution is -0.0501. The number of amides is 1. The Morgan fingerprint density at radius 1 is 1.42 bits per heavy atom. The zero-order valence-corrected chi connectivity index (χ0v) is 15.6. The molecule has 1 amide bonds. The van der Waals surface area contributed by atoms with Crippen LogP contribution in [0.1, 0.15) is 58.6 Å². The van der Waals surface area contributed by atoms with Gasteiger partial charge in [0.25, 0.3) is 0 Å². The van der Waals surface area contributed by atoms with Gasteiger partial charge in [-0.25, -0.2) is 4.79 Å². The van der Waals surface area contributed by atoms with E-state index in [2.05, 4.69) is 4.98 Å². The molecule has 0 radical (unpaired) electrons. The van der Waals surface area contributed by atoms with E-state index in [0.717, 1.165) is 12.1 Å². The van der Waals surface area contributed by atoms with E-state index < -0.39 is 11.2 Å². The average molecular weight is 355 g/mol. The minimum atomic E-state index is -0.867. The van der Waals surface area contributed by atoms with Gasteiger partial charge in [0.2, 0.25) is 0 Å². The molecule has 1 N–H and O–H groups in total. The fourth-order valence-electron chi connectivity index (χ4n) is 3.21. The first-order valence-corrected chi connectivity index (χ1v) is 8.84. The fraction of sp³-hybridized carbons (Fsp3) is 0.667. The molecule has 5 nitrogen and oxygen atoms in total. The monoisotopic (exact) mass is 354 g/mol. The number of pyridine rings is 1. The molecule has 24 heavy (non-hydrogen) atoms. The quantitative estimate of drug-likeness (QED) is 0.891. The summed E-state index contributed by atoms with van der Waals surface area (Å²) in [5.41, 5.74) is -0.534. The Hall–Kier alpha value is -1.33. The maximum absolute atomic E-state index is 12.2. The second-order valence-corrected chi connectivity index (χ2v) is 7.87. The highest BCUT2D eigenvalue weighted by molar-refractivity contribution is 6.30. The predicted molar refractivity (Wildman–Crippen MR) is 94.3 cm³/mol. The Morgan fingerprint density at radius 3 is 2.50 bits per heavy atom. The van der Waals surface area contributed by atoms with Crippen molar-refractivity contribution in [3.05, 3.63) is 29.0 Å².